The average molecular weight is 396 g/mol. The van der Waals surface area contributed by atoms with Crippen molar-refractivity contribution in [2.75, 3.05) is 13.7 Å². The maximum Gasteiger partial charge on any atom is 0.180 e. The Morgan fingerprint density at radius 3 is 2.54 bits per heavy atom. The smallest absolute Gasteiger partial charge is 0.180 e. The van der Waals surface area contributed by atoms with Crippen molar-refractivity contribution in [3.63, 3.8) is 0 Å². The third-order valence-electron chi connectivity index (χ3n) is 4.16. The maximum atomic E-state index is 6.43. The monoisotopic (exact) mass is 395 g/mol. The van der Waals surface area contributed by atoms with Crippen LogP contribution < -0.4 is 14.8 Å². The number of rotatable bonds is 11. The lowest BCUT2D eigenvalue weighted by Crippen LogP contribution is -2.14. The highest BCUT2D eigenvalue weighted by Crippen LogP contribution is 2.37. The summed E-state index contributed by atoms with van der Waals surface area (Å²) in [5.74, 6) is 1.17. The van der Waals surface area contributed by atoms with Gasteiger partial charge < -0.3 is 14.8 Å². The molecule has 5 heteroatoms. The van der Waals surface area contributed by atoms with Crippen molar-refractivity contribution in [2.24, 2.45) is 0 Å². The fraction of sp³-hybridized carbons (Fsp3) is 0.429. The van der Waals surface area contributed by atoms with Crippen LogP contribution in [0.3, 0.4) is 0 Å². The molecule has 0 aromatic heterocycles. The zero-order valence-electron chi connectivity index (χ0n) is 15.5. The summed E-state index contributed by atoms with van der Waals surface area (Å²) in [6.07, 6.45) is 5.00. The molecule has 0 aliphatic rings. The highest BCUT2D eigenvalue weighted by Gasteiger charge is 2.13. The second-order valence-electron chi connectivity index (χ2n) is 6.23. The Kier molecular flexibility index (Phi) is 9.10. The van der Waals surface area contributed by atoms with E-state index in [9.17, 15) is 0 Å². The first kappa shape index (κ1) is 20.9. The molecule has 1 N–H and O–H groups in total. The van der Waals surface area contributed by atoms with Crippen LogP contribution in [0, 0.1) is 0 Å². The summed E-state index contributed by atoms with van der Waals surface area (Å²) in [6.45, 7) is 4.32. The van der Waals surface area contributed by atoms with E-state index in [4.69, 9.17) is 32.7 Å². The largest absolute Gasteiger partial charge is 0.493 e. The zero-order chi connectivity index (χ0) is 18.8. The third-order valence-corrected chi connectivity index (χ3v) is 4.80. The Morgan fingerprint density at radius 2 is 1.81 bits per heavy atom. The molecule has 2 rings (SSSR count). The van der Waals surface area contributed by atoms with E-state index in [0.717, 1.165) is 24.2 Å². The summed E-state index contributed by atoms with van der Waals surface area (Å²) in [7, 11) is 1.62. The van der Waals surface area contributed by atoms with E-state index in [2.05, 4.69) is 12.2 Å². The molecule has 26 heavy (non-hydrogen) atoms. The predicted octanol–water partition coefficient (Wildman–Crippen LogP) is 6.25. The molecule has 0 atom stereocenters. The zero-order valence-corrected chi connectivity index (χ0v) is 17.0. The van der Waals surface area contributed by atoms with Gasteiger partial charge in [-0.1, -0.05) is 67.6 Å². The van der Waals surface area contributed by atoms with Gasteiger partial charge in [0.2, 0.25) is 0 Å². The summed E-state index contributed by atoms with van der Waals surface area (Å²) < 4.78 is 11.4. The minimum atomic E-state index is 0.338. The molecule has 0 bridgehead atoms. The predicted molar refractivity (Wildman–Crippen MR) is 110 cm³/mol. The van der Waals surface area contributed by atoms with Crippen molar-refractivity contribution in [2.45, 2.75) is 45.8 Å². The third kappa shape index (κ3) is 6.39. The van der Waals surface area contributed by atoms with Gasteiger partial charge in [-0.05, 0) is 36.7 Å². The number of methoxy groups -OCH3 is 1. The summed E-state index contributed by atoms with van der Waals surface area (Å²) in [5, 5.41) is 4.67. The van der Waals surface area contributed by atoms with E-state index in [1.165, 1.54) is 25.7 Å². The highest BCUT2D eigenvalue weighted by molar-refractivity contribution is 6.32. The average Bonchev–Trinajstić information content (AvgIpc) is 2.64. The topological polar surface area (TPSA) is 30.5 Å². The minimum absolute atomic E-state index is 0.338. The molecule has 0 aliphatic heterocycles. The molecule has 0 fully saturated rings. The lowest BCUT2D eigenvalue weighted by atomic mass is 10.1. The molecular formula is C21H27Cl2NO2. The van der Waals surface area contributed by atoms with E-state index < -0.39 is 0 Å². The lowest BCUT2D eigenvalue weighted by molar-refractivity contribution is 0.284. The summed E-state index contributed by atoms with van der Waals surface area (Å²) in [5.41, 5.74) is 1.98. The van der Waals surface area contributed by atoms with Gasteiger partial charge in [0.15, 0.2) is 11.5 Å². The fourth-order valence-electron chi connectivity index (χ4n) is 2.69. The van der Waals surface area contributed by atoms with Crippen LogP contribution in [0.1, 0.15) is 43.7 Å². The van der Waals surface area contributed by atoms with Crippen LogP contribution in [-0.2, 0) is 13.2 Å². The van der Waals surface area contributed by atoms with Crippen molar-refractivity contribution in [3.8, 4) is 11.5 Å². The molecule has 0 spiro atoms. The van der Waals surface area contributed by atoms with Crippen LogP contribution in [0.4, 0.5) is 0 Å². The molecule has 0 unspecified atom stereocenters. The number of hydrogen-bond acceptors (Lipinski definition) is 3. The molecule has 2 aromatic rings. The number of halogens is 2. The van der Waals surface area contributed by atoms with Crippen LogP contribution in [-0.4, -0.2) is 13.7 Å². The minimum Gasteiger partial charge on any atom is -0.493 e. The van der Waals surface area contributed by atoms with Crippen LogP contribution in [0.25, 0.3) is 0 Å². The van der Waals surface area contributed by atoms with Crippen LogP contribution >= 0.6 is 23.2 Å². The van der Waals surface area contributed by atoms with Gasteiger partial charge in [0, 0.05) is 17.1 Å². The van der Waals surface area contributed by atoms with Gasteiger partial charge in [0.25, 0.3) is 0 Å². The molecule has 142 valence electrons. The summed E-state index contributed by atoms with van der Waals surface area (Å²) >= 11 is 12.6. The van der Waals surface area contributed by atoms with Crippen molar-refractivity contribution in [1.29, 1.82) is 0 Å². The lowest BCUT2D eigenvalue weighted by Gasteiger charge is -2.15. The van der Waals surface area contributed by atoms with E-state index >= 15 is 0 Å². The van der Waals surface area contributed by atoms with Crippen LogP contribution in [0.15, 0.2) is 36.4 Å². The normalized spacial score (nSPS) is 10.8. The summed E-state index contributed by atoms with van der Waals surface area (Å²) in [6, 6.07) is 11.5. The van der Waals surface area contributed by atoms with Gasteiger partial charge in [-0.2, -0.15) is 0 Å². The quantitative estimate of drug-likeness (QED) is 0.456. The Labute approximate surface area is 166 Å². The van der Waals surface area contributed by atoms with Crippen LogP contribution in [0.5, 0.6) is 11.5 Å². The highest BCUT2D eigenvalue weighted by atomic mass is 35.5. The van der Waals surface area contributed by atoms with E-state index in [1.807, 2.05) is 36.4 Å². The Bertz CT molecular complexity index is 692. The van der Waals surface area contributed by atoms with E-state index in [1.54, 1.807) is 7.11 Å². The second-order valence-corrected chi connectivity index (χ2v) is 7.04. The van der Waals surface area contributed by atoms with Gasteiger partial charge >= 0.3 is 0 Å². The van der Waals surface area contributed by atoms with Gasteiger partial charge in [0.05, 0.1) is 12.1 Å². The van der Waals surface area contributed by atoms with Crippen molar-refractivity contribution < 1.29 is 9.47 Å². The molecule has 0 aliphatic carbocycles. The Balaban J connectivity index is 1.96. The number of benzene rings is 2. The van der Waals surface area contributed by atoms with E-state index in [0.29, 0.717) is 28.2 Å². The SMILES string of the molecule is CCCCCCNCc1cc(Cl)c(OCc2ccccc2Cl)c(OC)c1. The van der Waals surface area contributed by atoms with Crippen molar-refractivity contribution >= 4 is 23.2 Å². The molecule has 0 radical (unpaired) electrons. The number of ether oxygens (including phenoxy) is 2. The van der Waals surface area contributed by atoms with Crippen LogP contribution in [0.2, 0.25) is 10.0 Å². The number of hydrogen-bond donors (Lipinski definition) is 1. The van der Waals surface area contributed by atoms with E-state index in [-0.39, 0.29) is 0 Å². The first-order valence-corrected chi connectivity index (χ1v) is 9.84. The van der Waals surface area contributed by atoms with Gasteiger partial charge in [-0.3, -0.25) is 0 Å². The first-order chi connectivity index (χ1) is 12.7. The van der Waals surface area contributed by atoms with Gasteiger partial charge in [-0.25, -0.2) is 0 Å². The fourth-order valence-corrected chi connectivity index (χ4v) is 3.17. The first-order valence-electron chi connectivity index (χ1n) is 9.09. The molecule has 0 saturated heterocycles. The Hall–Kier alpha value is -1.42. The molecule has 2 aromatic carbocycles. The molecular weight excluding hydrogens is 369 g/mol. The van der Waals surface area contributed by atoms with Crippen molar-refractivity contribution in [3.05, 3.63) is 57.6 Å². The standard InChI is InChI=1S/C21H27Cl2NO2/c1-3-4-5-8-11-24-14-16-12-19(23)21(20(13-16)25-2)26-15-17-9-6-7-10-18(17)22/h6-7,9-10,12-13,24H,3-5,8,11,14-15H2,1-2H3. The second kappa shape index (κ2) is 11.3. The molecule has 0 heterocycles. The number of unbranched alkanes of at least 4 members (excludes halogenated alkanes) is 3. The maximum absolute atomic E-state index is 6.43. The molecule has 0 amide bonds. The number of nitrogens with one attached hydrogen (secondary N) is 1. The molecule has 3 nitrogen and oxygen atoms in total. The van der Waals surface area contributed by atoms with Crippen molar-refractivity contribution in [1.82, 2.24) is 5.32 Å². The Morgan fingerprint density at radius 1 is 1.00 bits per heavy atom. The van der Waals surface area contributed by atoms with Gasteiger partial charge in [0.1, 0.15) is 6.61 Å². The molecule has 0 saturated carbocycles. The van der Waals surface area contributed by atoms with Gasteiger partial charge in [-0.15, -0.1) is 0 Å². The summed E-state index contributed by atoms with van der Waals surface area (Å²) in [4.78, 5) is 0.